The second-order valence-electron chi connectivity index (χ2n) is 6.65. The van der Waals surface area contributed by atoms with Gasteiger partial charge in [-0.15, -0.1) is 5.10 Å². The van der Waals surface area contributed by atoms with Gasteiger partial charge in [-0.1, -0.05) is 0 Å². The van der Waals surface area contributed by atoms with Crippen LogP contribution in [-0.4, -0.2) is 62.1 Å². The number of phenols is 1. The van der Waals surface area contributed by atoms with Crippen molar-refractivity contribution in [3.8, 4) is 17.0 Å². The van der Waals surface area contributed by atoms with E-state index in [2.05, 4.69) is 15.1 Å². The highest BCUT2D eigenvalue weighted by Gasteiger charge is 2.32. The molecule has 9 nitrogen and oxygen atoms in total. The van der Waals surface area contributed by atoms with E-state index in [0.717, 1.165) is 10.6 Å². The van der Waals surface area contributed by atoms with Crippen LogP contribution >= 0.6 is 0 Å². The number of carboxylic acids is 1. The number of morpholine rings is 1. The first-order valence-corrected chi connectivity index (χ1v) is 8.82. The number of aromatic hydroxyl groups is 1. The van der Waals surface area contributed by atoms with Gasteiger partial charge in [0.05, 0.1) is 25.8 Å². The lowest BCUT2D eigenvalue weighted by atomic mass is 10.00. The fraction of sp³-hybridized carbons (Fsp3) is 0.333. The highest BCUT2D eigenvalue weighted by Crippen LogP contribution is 2.38. The van der Waals surface area contributed by atoms with Gasteiger partial charge in [-0.3, -0.25) is 0 Å². The van der Waals surface area contributed by atoms with Crippen molar-refractivity contribution in [2.75, 3.05) is 31.2 Å². The van der Waals surface area contributed by atoms with E-state index in [1.165, 1.54) is 6.92 Å². The van der Waals surface area contributed by atoms with Crippen LogP contribution in [0.25, 0.3) is 17.0 Å². The number of ether oxygens (including phenoxy) is 1. The van der Waals surface area contributed by atoms with Gasteiger partial charge >= 0.3 is 12.1 Å². The lowest BCUT2D eigenvalue weighted by Gasteiger charge is -2.25. The minimum absolute atomic E-state index is 0.0260. The number of carboxylic acid groups (broad SMARTS) is 1. The average molecular weight is 424 g/mol. The van der Waals surface area contributed by atoms with Gasteiger partial charge in [0.15, 0.2) is 5.69 Å². The number of benzene rings is 1. The predicted molar refractivity (Wildman–Crippen MR) is 97.6 cm³/mol. The summed E-state index contributed by atoms with van der Waals surface area (Å²) in [7, 11) is 0. The molecule has 3 heterocycles. The van der Waals surface area contributed by atoms with Crippen LogP contribution in [0.1, 0.15) is 23.0 Å². The van der Waals surface area contributed by atoms with Crippen LogP contribution in [0.4, 0.5) is 19.1 Å². The van der Waals surface area contributed by atoms with Crippen molar-refractivity contribution in [3.05, 3.63) is 35.0 Å². The Kier molecular flexibility index (Phi) is 4.42. The third kappa shape index (κ3) is 3.49. The van der Waals surface area contributed by atoms with E-state index in [0.29, 0.717) is 32.4 Å². The highest BCUT2D eigenvalue weighted by atomic mass is 19.4. The summed E-state index contributed by atoms with van der Waals surface area (Å²) in [6.45, 7) is 3.11. The van der Waals surface area contributed by atoms with Gasteiger partial charge in [-0.05, 0) is 30.7 Å². The Morgan fingerprint density at radius 3 is 2.57 bits per heavy atom. The van der Waals surface area contributed by atoms with Crippen molar-refractivity contribution in [3.63, 3.8) is 0 Å². The smallest absolute Gasteiger partial charge is 0.416 e. The number of aromatic nitrogens is 4. The average Bonchev–Trinajstić information content (AvgIpc) is 3.11. The third-order valence-corrected chi connectivity index (χ3v) is 4.61. The van der Waals surface area contributed by atoms with Crippen LogP contribution in [0, 0.1) is 6.92 Å². The first kappa shape index (κ1) is 18.6. The minimum Gasteiger partial charge on any atom is -0.507 e. The molecular formula is C18H16F3N5O4. The number of alkyl halides is 3. The molecule has 0 radical (unpaired) electrons. The van der Waals surface area contributed by atoms with Crippen molar-refractivity contribution in [2.24, 2.45) is 0 Å². The molecule has 2 aromatic heterocycles. The summed E-state index contributed by atoms with van der Waals surface area (Å²) in [6, 6.07) is 0.692. The maximum atomic E-state index is 13.0. The number of halogens is 3. The molecule has 1 aliphatic heterocycles. The van der Waals surface area contributed by atoms with Crippen LogP contribution < -0.4 is 4.90 Å². The summed E-state index contributed by atoms with van der Waals surface area (Å²) < 4.78 is 53.6. The number of carbonyl (C=O) groups is 1. The fourth-order valence-corrected chi connectivity index (χ4v) is 3.21. The number of phenolic OH excluding ortho intramolecular Hbond substituents is 1. The number of fused-ring (bicyclic) bond motifs is 1. The second kappa shape index (κ2) is 7.13. The van der Waals surface area contributed by atoms with E-state index in [9.17, 15) is 28.2 Å². The third-order valence-electron chi connectivity index (χ3n) is 4.61. The summed E-state index contributed by atoms with van der Waals surface area (Å²) in [6.07, 6.45) is -4.69. The molecule has 158 valence electrons. The maximum absolute atomic E-state index is 13.0. The summed E-state index contributed by atoms with van der Waals surface area (Å²) >= 11 is 0. The van der Waals surface area contributed by atoms with Crippen molar-refractivity contribution < 1.29 is 34.3 Å². The molecule has 0 amide bonds. The Balaban J connectivity index is 1.93. The van der Waals surface area contributed by atoms with E-state index >= 15 is 0 Å². The molecule has 12 heteroatoms. The summed E-state index contributed by atoms with van der Waals surface area (Å²) in [4.78, 5) is 22.0. The number of nitrogens with zero attached hydrogens (tertiary/aromatic N) is 5. The molecule has 1 saturated heterocycles. The largest absolute Gasteiger partial charge is 0.507 e. The first-order valence-electron chi connectivity index (χ1n) is 9.32. The molecule has 0 unspecified atom stereocenters. The van der Waals surface area contributed by atoms with E-state index < -0.39 is 35.2 Å². The number of aryl methyl sites for hydroxylation is 1. The molecule has 1 aliphatic rings. The molecule has 0 atom stereocenters. The van der Waals surface area contributed by atoms with Crippen molar-refractivity contribution in [1.29, 1.82) is 0 Å². The SMILES string of the molecule is [2H]c1c(-c2c(C)cc(C(F)(F)F)cc2O)nc2nc(N3CCOCC3)nn2c1C(=O)O. The zero-order valence-corrected chi connectivity index (χ0v) is 15.6. The fourth-order valence-electron chi connectivity index (χ4n) is 3.21. The van der Waals surface area contributed by atoms with Gasteiger partial charge in [-0.25, -0.2) is 9.78 Å². The normalized spacial score (nSPS) is 15.5. The maximum Gasteiger partial charge on any atom is 0.416 e. The van der Waals surface area contributed by atoms with E-state index in [-0.39, 0.29) is 28.5 Å². The van der Waals surface area contributed by atoms with Crippen molar-refractivity contribution in [2.45, 2.75) is 13.1 Å². The first-order chi connectivity index (χ1) is 14.6. The molecular weight excluding hydrogens is 407 g/mol. The molecule has 1 fully saturated rings. The molecule has 3 aromatic rings. The topological polar surface area (TPSA) is 113 Å². The second-order valence-corrected chi connectivity index (χ2v) is 6.65. The van der Waals surface area contributed by atoms with E-state index in [1.807, 2.05) is 0 Å². The Morgan fingerprint density at radius 2 is 1.97 bits per heavy atom. The van der Waals surface area contributed by atoms with Gasteiger partial charge in [0, 0.05) is 18.7 Å². The zero-order chi connectivity index (χ0) is 22.5. The molecule has 1 aromatic carbocycles. The molecule has 30 heavy (non-hydrogen) atoms. The summed E-state index contributed by atoms with van der Waals surface area (Å²) in [5.74, 6) is -2.25. The number of hydrogen-bond donors (Lipinski definition) is 2. The van der Waals surface area contributed by atoms with Gasteiger partial charge in [0.25, 0.3) is 5.78 Å². The van der Waals surface area contributed by atoms with Gasteiger partial charge in [-0.2, -0.15) is 22.7 Å². The van der Waals surface area contributed by atoms with Gasteiger partial charge < -0.3 is 19.8 Å². The predicted octanol–water partition coefficient (Wildman–Crippen LogP) is 2.36. The molecule has 0 aliphatic carbocycles. The Bertz CT molecular complexity index is 1170. The van der Waals surface area contributed by atoms with Gasteiger partial charge in [0.1, 0.15) is 5.75 Å². The lowest BCUT2D eigenvalue weighted by molar-refractivity contribution is -0.137. The minimum atomic E-state index is -4.69. The zero-order valence-electron chi connectivity index (χ0n) is 16.6. The van der Waals surface area contributed by atoms with E-state index in [4.69, 9.17) is 6.11 Å². The van der Waals surface area contributed by atoms with Crippen LogP contribution in [0.5, 0.6) is 5.75 Å². The monoisotopic (exact) mass is 424 g/mol. The molecule has 0 spiro atoms. The van der Waals surface area contributed by atoms with Crippen LogP contribution in [-0.2, 0) is 10.9 Å². The number of rotatable bonds is 3. The lowest BCUT2D eigenvalue weighted by Crippen LogP contribution is -2.36. The summed E-state index contributed by atoms with van der Waals surface area (Å²) in [5.41, 5.74) is -2.17. The number of anilines is 1. The Hall–Kier alpha value is -3.41. The van der Waals surface area contributed by atoms with E-state index in [1.54, 1.807) is 4.90 Å². The number of hydrogen-bond acceptors (Lipinski definition) is 7. The molecule has 2 N–H and O–H groups in total. The van der Waals surface area contributed by atoms with Crippen LogP contribution in [0.3, 0.4) is 0 Å². The van der Waals surface area contributed by atoms with Crippen molar-refractivity contribution >= 4 is 17.7 Å². The Labute approximate surface area is 168 Å². The highest BCUT2D eigenvalue weighted by molar-refractivity contribution is 5.88. The molecule has 0 saturated carbocycles. The number of aromatic carboxylic acids is 1. The van der Waals surface area contributed by atoms with Crippen molar-refractivity contribution in [1.82, 2.24) is 19.6 Å². The molecule has 4 rings (SSSR count). The van der Waals surface area contributed by atoms with Gasteiger partial charge in [0.2, 0.25) is 5.95 Å². The standard InChI is InChI=1S/C18H16F3N5O4/c1-9-6-10(18(19,20)21)7-13(27)14(9)11-8-12(15(28)29)26-16(22-11)23-17(24-26)25-2-4-30-5-3-25/h6-8,27H,2-5H2,1H3,(H,28,29)/i8D. The van der Waals surface area contributed by atoms with Crippen LogP contribution in [0.2, 0.25) is 0 Å². The Morgan fingerprint density at radius 1 is 1.27 bits per heavy atom. The molecule has 0 bridgehead atoms. The summed E-state index contributed by atoms with van der Waals surface area (Å²) in [5, 5.41) is 24.1. The quantitative estimate of drug-likeness (QED) is 0.659. The van der Waals surface area contributed by atoms with Crippen LogP contribution in [0.15, 0.2) is 18.2 Å².